The molecule has 0 fully saturated rings. The molecule has 0 aliphatic carbocycles. The molecule has 2 aromatic carbocycles. The molecule has 0 bridgehead atoms. The second kappa shape index (κ2) is 8.81. The van der Waals surface area contributed by atoms with Crippen molar-refractivity contribution in [3.63, 3.8) is 0 Å². The molecule has 3 aromatic rings. The van der Waals surface area contributed by atoms with Crippen molar-refractivity contribution in [2.24, 2.45) is 0 Å². The first-order valence-electron chi connectivity index (χ1n) is 9.87. The van der Waals surface area contributed by atoms with Crippen LogP contribution >= 0.6 is 0 Å². The first-order chi connectivity index (χ1) is 15.7. The summed E-state index contributed by atoms with van der Waals surface area (Å²) in [5.41, 5.74) is 1.26. The molecule has 7 nitrogen and oxygen atoms in total. The van der Waals surface area contributed by atoms with Crippen LogP contribution in [0.4, 0.5) is 13.2 Å². The molecule has 170 valence electrons. The third kappa shape index (κ3) is 5.05. The number of amides is 3. The fourth-order valence-corrected chi connectivity index (χ4v) is 3.41. The van der Waals surface area contributed by atoms with E-state index in [1.54, 1.807) is 12.1 Å². The van der Waals surface area contributed by atoms with E-state index in [2.05, 4.69) is 10.1 Å². The number of fused-ring (bicyclic) bond motifs is 1. The number of benzene rings is 2. The number of furan rings is 1. The predicted molar refractivity (Wildman–Crippen MR) is 109 cm³/mol. The minimum Gasteiger partial charge on any atom is -0.467 e. The summed E-state index contributed by atoms with van der Waals surface area (Å²) in [5.74, 6) is -1.28. The zero-order valence-electron chi connectivity index (χ0n) is 17.0. The summed E-state index contributed by atoms with van der Waals surface area (Å²) in [6.07, 6.45) is -2.94. The minimum atomic E-state index is -4.76. The van der Waals surface area contributed by atoms with E-state index in [0.29, 0.717) is 17.7 Å². The van der Waals surface area contributed by atoms with Crippen LogP contribution < -0.4 is 10.1 Å². The normalized spacial score (nSPS) is 13.2. The third-order valence-corrected chi connectivity index (χ3v) is 4.98. The van der Waals surface area contributed by atoms with Crippen LogP contribution in [0, 0.1) is 0 Å². The van der Waals surface area contributed by atoms with Crippen molar-refractivity contribution in [1.29, 1.82) is 0 Å². The lowest BCUT2D eigenvalue weighted by Crippen LogP contribution is -2.28. The van der Waals surface area contributed by atoms with Crippen molar-refractivity contribution in [1.82, 2.24) is 10.2 Å². The summed E-state index contributed by atoms with van der Waals surface area (Å²) in [5, 5.41) is 2.69. The lowest BCUT2D eigenvalue weighted by atomic mass is 10.1. The highest BCUT2D eigenvalue weighted by Gasteiger charge is 2.36. The zero-order chi connectivity index (χ0) is 23.6. The van der Waals surface area contributed by atoms with E-state index in [0.717, 1.165) is 4.90 Å². The van der Waals surface area contributed by atoms with Gasteiger partial charge < -0.3 is 14.5 Å². The number of ether oxygens (including phenoxy) is 1. The highest BCUT2D eigenvalue weighted by molar-refractivity contribution is 6.22. The van der Waals surface area contributed by atoms with Crippen LogP contribution in [0.5, 0.6) is 5.75 Å². The molecule has 33 heavy (non-hydrogen) atoms. The Morgan fingerprint density at radius 1 is 1.00 bits per heavy atom. The Morgan fingerprint density at radius 2 is 1.73 bits per heavy atom. The van der Waals surface area contributed by atoms with Crippen LogP contribution in [0.1, 0.15) is 42.4 Å². The van der Waals surface area contributed by atoms with E-state index in [1.807, 2.05) is 0 Å². The first kappa shape index (κ1) is 22.1. The van der Waals surface area contributed by atoms with Gasteiger partial charge in [-0.05, 0) is 54.4 Å². The molecule has 0 radical (unpaired) electrons. The van der Waals surface area contributed by atoms with Gasteiger partial charge in [0.2, 0.25) is 0 Å². The number of carbonyl (C=O) groups excluding carboxylic acids is 3. The standard InChI is InChI=1S/C23H17F3N2O5/c24-23(25,26)33-16-6-3-14(4-7-16)9-10-27-20(29)15-5-8-18-19(12-15)22(31)28(21(18)30)13-17-2-1-11-32-17/h1-8,11-12H,9-10,13H2,(H,27,29). The quantitative estimate of drug-likeness (QED) is 0.542. The molecule has 0 unspecified atom stereocenters. The highest BCUT2D eigenvalue weighted by atomic mass is 19.4. The van der Waals surface area contributed by atoms with Crippen molar-refractivity contribution >= 4 is 17.7 Å². The summed E-state index contributed by atoms with van der Waals surface area (Å²) in [4.78, 5) is 38.8. The minimum absolute atomic E-state index is 0.00627. The Kier molecular flexibility index (Phi) is 5.91. The van der Waals surface area contributed by atoms with E-state index < -0.39 is 24.1 Å². The van der Waals surface area contributed by atoms with Gasteiger partial charge in [0.15, 0.2) is 0 Å². The van der Waals surface area contributed by atoms with Crippen molar-refractivity contribution in [3.05, 3.63) is 88.9 Å². The van der Waals surface area contributed by atoms with Gasteiger partial charge in [-0.2, -0.15) is 0 Å². The Hall–Kier alpha value is -4.08. The summed E-state index contributed by atoms with van der Waals surface area (Å²) < 4.78 is 45.6. The second-order valence-electron chi connectivity index (χ2n) is 7.23. The first-order valence-corrected chi connectivity index (χ1v) is 9.87. The third-order valence-electron chi connectivity index (χ3n) is 4.98. The Morgan fingerprint density at radius 3 is 2.39 bits per heavy atom. The van der Waals surface area contributed by atoms with E-state index in [1.165, 1.54) is 48.7 Å². The molecular formula is C23H17F3N2O5. The summed E-state index contributed by atoms with van der Waals surface area (Å²) in [6, 6.07) is 12.9. The number of nitrogens with one attached hydrogen (secondary N) is 1. The van der Waals surface area contributed by atoms with Gasteiger partial charge in [-0.15, -0.1) is 13.2 Å². The molecule has 10 heteroatoms. The van der Waals surface area contributed by atoms with Crippen LogP contribution in [-0.4, -0.2) is 35.5 Å². The fraction of sp³-hybridized carbons (Fsp3) is 0.174. The molecule has 2 heterocycles. The number of hydrogen-bond donors (Lipinski definition) is 1. The van der Waals surface area contributed by atoms with E-state index in [9.17, 15) is 27.6 Å². The molecule has 1 aromatic heterocycles. The summed E-state index contributed by atoms with van der Waals surface area (Å²) in [7, 11) is 0. The summed E-state index contributed by atoms with van der Waals surface area (Å²) in [6.45, 7) is 0.209. The maximum absolute atomic E-state index is 12.7. The van der Waals surface area contributed by atoms with Crippen molar-refractivity contribution in [2.45, 2.75) is 19.3 Å². The lowest BCUT2D eigenvalue weighted by Gasteiger charge is -2.11. The van der Waals surface area contributed by atoms with Crippen LogP contribution in [-0.2, 0) is 13.0 Å². The Balaban J connectivity index is 1.35. The van der Waals surface area contributed by atoms with Gasteiger partial charge >= 0.3 is 6.36 Å². The van der Waals surface area contributed by atoms with Gasteiger partial charge in [-0.25, -0.2) is 0 Å². The molecule has 0 spiro atoms. The smallest absolute Gasteiger partial charge is 0.467 e. The van der Waals surface area contributed by atoms with Crippen molar-refractivity contribution in [2.75, 3.05) is 6.54 Å². The molecular weight excluding hydrogens is 441 g/mol. The monoisotopic (exact) mass is 458 g/mol. The number of halogens is 3. The highest BCUT2D eigenvalue weighted by Crippen LogP contribution is 2.26. The van der Waals surface area contributed by atoms with Gasteiger partial charge in [0.05, 0.1) is 23.9 Å². The maximum Gasteiger partial charge on any atom is 0.573 e. The van der Waals surface area contributed by atoms with Gasteiger partial charge in [-0.1, -0.05) is 12.1 Å². The molecule has 0 atom stereocenters. The number of carbonyl (C=O) groups is 3. The molecule has 0 saturated heterocycles. The second-order valence-corrected chi connectivity index (χ2v) is 7.23. The largest absolute Gasteiger partial charge is 0.573 e. The van der Waals surface area contributed by atoms with Gasteiger partial charge in [0.25, 0.3) is 17.7 Å². The van der Waals surface area contributed by atoms with Crippen LogP contribution in [0.3, 0.4) is 0 Å². The topological polar surface area (TPSA) is 88.8 Å². The van der Waals surface area contributed by atoms with Gasteiger partial charge in [0.1, 0.15) is 11.5 Å². The van der Waals surface area contributed by atoms with E-state index in [4.69, 9.17) is 4.42 Å². The Bertz CT molecular complexity index is 1190. The molecule has 4 rings (SSSR count). The maximum atomic E-state index is 12.7. The number of rotatable bonds is 7. The average molecular weight is 458 g/mol. The van der Waals surface area contributed by atoms with Crippen LogP contribution in [0.2, 0.25) is 0 Å². The Labute approximate surface area is 185 Å². The van der Waals surface area contributed by atoms with Crippen molar-refractivity contribution < 1.29 is 36.7 Å². The number of hydrogen-bond acceptors (Lipinski definition) is 5. The molecule has 3 amide bonds. The average Bonchev–Trinajstić information content (AvgIpc) is 3.37. The molecule has 1 N–H and O–H groups in total. The van der Waals surface area contributed by atoms with Gasteiger partial charge in [0, 0.05) is 12.1 Å². The number of nitrogens with zero attached hydrogens (tertiary/aromatic N) is 1. The molecule has 0 saturated carbocycles. The van der Waals surface area contributed by atoms with Crippen LogP contribution in [0.15, 0.2) is 65.3 Å². The van der Waals surface area contributed by atoms with E-state index in [-0.39, 0.29) is 35.5 Å². The summed E-state index contributed by atoms with van der Waals surface area (Å²) >= 11 is 0. The number of imide groups is 1. The zero-order valence-corrected chi connectivity index (χ0v) is 17.0. The van der Waals surface area contributed by atoms with E-state index >= 15 is 0 Å². The van der Waals surface area contributed by atoms with Crippen molar-refractivity contribution in [3.8, 4) is 5.75 Å². The predicted octanol–water partition coefficient (Wildman–Crippen LogP) is 3.95. The number of alkyl halides is 3. The van der Waals surface area contributed by atoms with Gasteiger partial charge in [-0.3, -0.25) is 19.3 Å². The SMILES string of the molecule is O=C(NCCc1ccc(OC(F)(F)F)cc1)c1ccc2c(c1)C(=O)N(Cc1ccco1)C2=O. The van der Waals surface area contributed by atoms with Crippen LogP contribution in [0.25, 0.3) is 0 Å². The fourth-order valence-electron chi connectivity index (χ4n) is 3.41. The molecule has 1 aliphatic rings. The lowest BCUT2D eigenvalue weighted by molar-refractivity contribution is -0.274. The molecule has 1 aliphatic heterocycles.